The lowest BCUT2D eigenvalue weighted by Gasteiger charge is -2.15. The molecule has 1 N–H and O–H groups in total. The Morgan fingerprint density at radius 1 is 1.19 bits per heavy atom. The Morgan fingerprint density at radius 3 is 2.62 bits per heavy atom. The molecule has 3 aromatic rings. The van der Waals surface area contributed by atoms with Gasteiger partial charge in [-0.25, -0.2) is 14.8 Å². The predicted molar refractivity (Wildman–Crippen MR) is 118 cm³/mol. The molecular formula is C21H22N4O5S2. The number of esters is 1. The van der Waals surface area contributed by atoms with Gasteiger partial charge in [0.25, 0.3) is 10.0 Å². The van der Waals surface area contributed by atoms with Gasteiger partial charge in [0.1, 0.15) is 12.4 Å². The highest BCUT2D eigenvalue weighted by Gasteiger charge is 2.23. The fourth-order valence-electron chi connectivity index (χ4n) is 3.34. The van der Waals surface area contributed by atoms with Gasteiger partial charge in [-0.1, -0.05) is 0 Å². The van der Waals surface area contributed by atoms with E-state index in [4.69, 9.17) is 9.47 Å². The van der Waals surface area contributed by atoms with Crippen molar-refractivity contribution < 1.29 is 22.7 Å². The Morgan fingerprint density at radius 2 is 1.97 bits per heavy atom. The number of fused-ring (bicyclic) bond motifs is 1. The Bertz CT molecular complexity index is 1240. The van der Waals surface area contributed by atoms with Crippen molar-refractivity contribution >= 4 is 33.0 Å². The van der Waals surface area contributed by atoms with Crippen LogP contribution in [0.15, 0.2) is 34.2 Å². The minimum atomic E-state index is -3.84. The van der Waals surface area contributed by atoms with Gasteiger partial charge in [-0.3, -0.25) is 9.71 Å². The molecule has 1 aliphatic rings. The van der Waals surface area contributed by atoms with Crippen LogP contribution in [0.25, 0.3) is 0 Å². The maximum absolute atomic E-state index is 12.8. The highest BCUT2D eigenvalue weighted by Crippen LogP contribution is 2.35. The molecule has 0 saturated heterocycles. The van der Waals surface area contributed by atoms with Crippen molar-refractivity contribution in [1.29, 1.82) is 0 Å². The van der Waals surface area contributed by atoms with E-state index < -0.39 is 16.0 Å². The summed E-state index contributed by atoms with van der Waals surface area (Å²) < 4.78 is 39.1. The normalized spacial score (nSPS) is 12.9. The second kappa shape index (κ2) is 9.21. The summed E-state index contributed by atoms with van der Waals surface area (Å²) in [6, 6.07) is 3.69. The standard InChI is InChI=1S/C21H22N4O5S2/c1-3-29-20(26)18-10-22-16(9-23-18)11-30-19-8-15-6-4-5-14(15)7-17(19)25-32(27,28)21-24-13(2)12-31-21/h7-10,12,25H,3-6,11H2,1-2H3. The number of sulfonamides is 1. The SMILES string of the molecule is CCOC(=O)c1cnc(COc2cc3c(cc2NS(=O)(=O)c2nc(C)cs2)CCC3)cn1. The average Bonchev–Trinajstić information content (AvgIpc) is 3.41. The molecular weight excluding hydrogens is 452 g/mol. The molecule has 0 spiro atoms. The van der Waals surface area contributed by atoms with Gasteiger partial charge in [-0.2, -0.15) is 8.42 Å². The number of thiazole rings is 1. The number of carbonyl (C=O) groups is 1. The smallest absolute Gasteiger partial charge is 0.358 e. The average molecular weight is 475 g/mol. The van der Waals surface area contributed by atoms with Crippen LogP contribution in [0.2, 0.25) is 0 Å². The number of benzene rings is 1. The summed E-state index contributed by atoms with van der Waals surface area (Å²) in [5.74, 6) is -0.140. The Kier molecular flexibility index (Phi) is 6.38. The lowest BCUT2D eigenvalue weighted by molar-refractivity contribution is 0.0518. The van der Waals surface area contributed by atoms with Gasteiger partial charge in [-0.15, -0.1) is 11.3 Å². The second-order valence-corrected chi connectivity index (χ2v) is 9.95. The van der Waals surface area contributed by atoms with Gasteiger partial charge >= 0.3 is 5.97 Å². The van der Waals surface area contributed by atoms with Crippen LogP contribution in [0.5, 0.6) is 5.75 Å². The van der Waals surface area contributed by atoms with Crippen molar-refractivity contribution in [3.8, 4) is 5.75 Å². The molecule has 0 fully saturated rings. The molecule has 1 aliphatic carbocycles. The maximum Gasteiger partial charge on any atom is 0.358 e. The van der Waals surface area contributed by atoms with E-state index >= 15 is 0 Å². The minimum Gasteiger partial charge on any atom is -0.485 e. The van der Waals surface area contributed by atoms with Gasteiger partial charge < -0.3 is 9.47 Å². The van der Waals surface area contributed by atoms with Crippen LogP contribution >= 0.6 is 11.3 Å². The molecule has 0 radical (unpaired) electrons. The lowest BCUT2D eigenvalue weighted by atomic mass is 10.1. The minimum absolute atomic E-state index is 0.00173. The third-order valence-electron chi connectivity index (χ3n) is 4.83. The Labute approximate surface area is 189 Å². The fraction of sp³-hybridized carbons (Fsp3) is 0.333. The zero-order chi connectivity index (χ0) is 22.7. The molecule has 4 rings (SSSR count). The van der Waals surface area contributed by atoms with Gasteiger partial charge in [0.2, 0.25) is 4.34 Å². The molecule has 0 atom stereocenters. The highest BCUT2D eigenvalue weighted by atomic mass is 32.2. The maximum atomic E-state index is 12.8. The van der Waals surface area contributed by atoms with Crippen LogP contribution in [0.1, 0.15) is 46.3 Å². The first-order chi connectivity index (χ1) is 15.4. The Balaban J connectivity index is 1.55. The molecule has 168 valence electrons. The third-order valence-corrected chi connectivity index (χ3v) is 7.57. The topological polar surface area (TPSA) is 120 Å². The summed E-state index contributed by atoms with van der Waals surface area (Å²) in [5.41, 5.74) is 3.84. The van der Waals surface area contributed by atoms with E-state index in [1.54, 1.807) is 19.2 Å². The largest absolute Gasteiger partial charge is 0.485 e. The first-order valence-corrected chi connectivity index (χ1v) is 12.4. The van der Waals surface area contributed by atoms with Gasteiger partial charge in [0.05, 0.1) is 30.4 Å². The Hall–Kier alpha value is -3.05. The van der Waals surface area contributed by atoms with E-state index in [9.17, 15) is 13.2 Å². The van der Waals surface area contributed by atoms with Crippen LogP contribution in [-0.4, -0.2) is 35.9 Å². The summed E-state index contributed by atoms with van der Waals surface area (Å²) in [4.78, 5) is 24.0. The van der Waals surface area contributed by atoms with E-state index in [0.717, 1.165) is 41.7 Å². The van der Waals surface area contributed by atoms with Crippen LogP contribution in [-0.2, 0) is 34.2 Å². The first-order valence-electron chi connectivity index (χ1n) is 10.1. The number of aromatic nitrogens is 3. The number of hydrogen-bond acceptors (Lipinski definition) is 9. The summed E-state index contributed by atoms with van der Waals surface area (Å²) in [5, 5.41) is 1.69. The predicted octanol–water partition coefficient (Wildman–Crippen LogP) is 3.29. The molecule has 11 heteroatoms. The fourth-order valence-corrected chi connectivity index (χ4v) is 5.43. The number of rotatable bonds is 8. The number of nitrogens with one attached hydrogen (secondary N) is 1. The quantitative estimate of drug-likeness (QED) is 0.494. The molecule has 9 nitrogen and oxygen atoms in total. The molecule has 0 aliphatic heterocycles. The second-order valence-electron chi connectivity index (χ2n) is 7.23. The molecule has 0 bridgehead atoms. The van der Waals surface area contributed by atoms with E-state index in [0.29, 0.717) is 22.8 Å². The van der Waals surface area contributed by atoms with Crippen molar-refractivity contribution in [3.05, 3.63) is 58.1 Å². The van der Waals surface area contributed by atoms with E-state index in [1.807, 2.05) is 12.1 Å². The number of aryl methyl sites for hydroxylation is 3. The molecule has 2 heterocycles. The van der Waals surface area contributed by atoms with Crippen molar-refractivity contribution in [3.63, 3.8) is 0 Å². The van der Waals surface area contributed by atoms with E-state index in [-0.39, 0.29) is 23.2 Å². The molecule has 0 unspecified atom stereocenters. The number of hydrogen-bond donors (Lipinski definition) is 1. The summed E-state index contributed by atoms with van der Waals surface area (Å²) in [6.45, 7) is 3.77. The summed E-state index contributed by atoms with van der Waals surface area (Å²) in [7, 11) is -3.84. The molecule has 0 amide bonds. The van der Waals surface area contributed by atoms with Crippen LogP contribution < -0.4 is 9.46 Å². The van der Waals surface area contributed by atoms with Crippen molar-refractivity contribution in [2.75, 3.05) is 11.3 Å². The molecule has 32 heavy (non-hydrogen) atoms. The number of nitrogens with zero attached hydrogens (tertiary/aromatic N) is 3. The zero-order valence-electron chi connectivity index (χ0n) is 17.6. The monoisotopic (exact) mass is 474 g/mol. The van der Waals surface area contributed by atoms with Gasteiger partial charge in [-0.05, 0) is 56.4 Å². The van der Waals surface area contributed by atoms with Crippen LogP contribution in [0, 0.1) is 6.92 Å². The highest BCUT2D eigenvalue weighted by molar-refractivity contribution is 7.94. The van der Waals surface area contributed by atoms with Crippen molar-refractivity contribution in [2.45, 2.75) is 44.1 Å². The van der Waals surface area contributed by atoms with Crippen LogP contribution in [0.3, 0.4) is 0 Å². The lowest BCUT2D eigenvalue weighted by Crippen LogP contribution is -2.14. The van der Waals surface area contributed by atoms with E-state index in [2.05, 4.69) is 19.7 Å². The van der Waals surface area contributed by atoms with Crippen molar-refractivity contribution in [2.24, 2.45) is 0 Å². The zero-order valence-corrected chi connectivity index (χ0v) is 19.3. The number of ether oxygens (including phenoxy) is 2. The van der Waals surface area contributed by atoms with E-state index in [1.165, 1.54) is 12.4 Å². The molecule has 1 aromatic carbocycles. The van der Waals surface area contributed by atoms with Gasteiger partial charge in [0, 0.05) is 11.1 Å². The number of carbonyl (C=O) groups excluding carboxylic acids is 1. The van der Waals surface area contributed by atoms with Gasteiger partial charge in [0.15, 0.2) is 5.69 Å². The van der Waals surface area contributed by atoms with Crippen molar-refractivity contribution in [1.82, 2.24) is 15.0 Å². The summed E-state index contributed by atoms with van der Waals surface area (Å²) in [6.07, 6.45) is 5.58. The first kappa shape index (κ1) is 22.2. The molecule has 0 saturated carbocycles. The van der Waals surface area contributed by atoms with Crippen LogP contribution in [0.4, 0.5) is 5.69 Å². The third kappa shape index (κ3) is 4.89. The number of anilines is 1. The summed E-state index contributed by atoms with van der Waals surface area (Å²) >= 11 is 1.07. The molecule has 2 aromatic heterocycles.